The lowest BCUT2D eigenvalue weighted by Crippen LogP contribution is -2.21. The molecule has 0 spiro atoms. The fourth-order valence-corrected chi connectivity index (χ4v) is 3.53. The monoisotopic (exact) mass is 347 g/mol. The Labute approximate surface area is 128 Å². The van der Waals surface area contributed by atoms with E-state index >= 15 is 0 Å². The molecule has 100 valence electrons. The summed E-state index contributed by atoms with van der Waals surface area (Å²) in [6.45, 7) is 0. The zero-order valence-corrected chi connectivity index (χ0v) is 12.8. The molecular formula is C14H10BrN3OS. The van der Waals surface area contributed by atoms with Crippen LogP contribution in [0.5, 0.6) is 0 Å². The summed E-state index contributed by atoms with van der Waals surface area (Å²) in [4.78, 5) is 19.5. The van der Waals surface area contributed by atoms with Crippen LogP contribution in [0.2, 0.25) is 0 Å². The first-order valence-electron chi connectivity index (χ1n) is 6.09. The van der Waals surface area contributed by atoms with E-state index in [0.29, 0.717) is 22.7 Å². The van der Waals surface area contributed by atoms with E-state index in [2.05, 4.69) is 32.0 Å². The minimum Gasteiger partial charge on any atom is -0.306 e. The lowest BCUT2D eigenvalue weighted by Gasteiger charge is -2.14. The van der Waals surface area contributed by atoms with Gasteiger partial charge in [0.15, 0.2) is 0 Å². The smallest absolute Gasteiger partial charge is 0.255 e. The van der Waals surface area contributed by atoms with Crippen molar-refractivity contribution >= 4 is 27.7 Å². The highest BCUT2D eigenvalue weighted by molar-refractivity contribution is 9.10. The summed E-state index contributed by atoms with van der Waals surface area (Å²) in [5, 5.41) is 9.22. The SMILES string of the molecule is N#Cc1cc(Br)ccc1-c1nc2c(c(=O)[nH]1)CSCC2. The Hall–Kier alpha value is -1.58. The van der Waals surface area contributed by atoms with Crippen LogP contribution in [0, 0.1) is 11.3 Å². The molecule has 0 bridgehead atoms. The third-order valence-corrected chi connectivity index (χ3v) is 4.67. The molecule has 0 fully saturated rings. The molecule has 1 N–H and O–H groups in total. The van der Waals surface area contributed by atoms with Crippen molar-refractivity contribution in [3.8, 4) is 17.5 Å². The summed E-state index contributed by atoms with van der Waals surface area (Å²) >= 11 is 5.08. The molecule has 0 amide bonds. The van der Waals surface area contributed by atoms with Crippen molar-refractivity contribution in [2.45, 2.75) is 12.2 Å². The van der Waals surface area contributed by atoms with Gasteiger partial charge in [0.2, 0.25) is 0 Å². The Morgan fingerprint density at radius 3 is 3.10 bits per heavy atom. The van der Waals surface area contributed by atoms with Crippen molar-refractivity contribution in [2.75, 3.05) is 5.75 Å². The molecule has 4 nitrogen and oxygen atoms in total. The summed E-state index contributed by atoms with van der Waals surface area (Å²) in [6.07, 6.45) is 0.801. The number of fused-ring (bicyclic) bond motifs is 1. The van der Waals surface area contributed by atoms with Crippen molar-refractivity contribution in [1.82, 2.24) is 9.97 Å². The van der Waals surface area contributed by atoms with E-state index in [1.54, 1.807) is 23.9 Å². The number of benzene rings is 1. The zero-order chi connectivity index (χ0) is 14.1. The highest BCUT2D eigenvalue weighted by atomic mass is 79.9. The lowest BCUT2D eigenvalue weighted by atomic mass is 10.1. The van der Waals surface area contributed by atoms with E-state index in [4.69, 9.17) is 0 Å². The van der Waals surface area contributed by atoms with Gasteiger partial charge in [-0.15, -0.1) is 0 Å². The Balaban J connectivity index is 2.19. The second kappa shape index (κ2) is 5.43. The minimum atomic E-state index is -0.0935. The molecule has 1 aromatic carbocycles. The van der Waals surface area contributed by atoms with Gasteiger partial charge in [-0.3, -0.25) is 4.79 Å². The number of aromatic amines is 1. The summed E-state index contributed by atoms with van der Waals surface area (Å²) in [5.74, 6) is 2.17. The third kappa shape index (κ3) is 2.39. The number of halogens is 1. The van der Waals surface area contributed by atoms with Crippen molar-refractivity contribution in [1.29, 1.82) is 5.26 Å². The normalized spacial score (nSPS) is 13.6. The van der Waals surface area contributed by atoms with Gasteiger partial charge in [0.1, 0.15) is 5.82 Å². The first-order chi connectivity index (χ1) is 9.69. The van der Waals surface area contributed by atoms with E-state index < -0.39 is 0 Å². The predicted molar refractivity (Wildman–Crippen MR) is 82.6 cm³/mol. The van der Waals surface area contributed by atoms with Crippen molar-refractivity contribution in [3.63, 3.8) is 0 Å². The quantitative estimate of drug-likeness (QED) is 0.860. The summed E-state index contributed by atoms with van der Waals surface area (Å²) in [5.41, 5.74) is 2.68. The number of H-pyrrole nitrogens is 1. The molecule has 0 saturated carbocycles. The lowest BCUT2D eigenvalue weighted by molar-refractivity contribution is 0.938. The minimum absolute atomic E-state index is 0.0935. The van der Waals surface area contributed by atoms with Crippen molar-refractivity contribution in [2.24, 2.45) is 0 Å². The number of thioether (sulfide) groups is 1. The molecule has 0 unspecified atom stereocenters. The first kappa shape index (κ1) is 13.4. The Bertz CT molecular complexity index is 779. The highest BCUT2D eigenvalue weighted by Gasteiger charge is 2.17. The number of rotatable bonds is 1. The molecular weight excluding hydrogens is 338 g/mol. The fourth-order valence-electron chi connectivity index (χ4n) is 2.19. The van der Waals surface area contributed by atoms with Crippen molar-refractivity contribution in [3.05, 3.63) is 49.8 Å². The van der Waals surface area contributed by atoms with Gasteiger partial charge >= 0.3 is 0 Å². The van der Waals surface area contributed by atoms with E-state index in [1.165, 1.54) is 0 Å². The number of nitrogens with one attached hydrogen (secondary N) is 1. The van der Waals surface area contributed by atoms with Crippen molar-refractivity contribution < 1.29 is 0 Å². The van der Waals surface area contributed by atoms with E-state index in [-0.39, 0.29) is 5.56 Å². The highest BCUT2D eigenvalue weighted by Crippen LogP contribution is 2.26. The molecule has 20 heavy (non-hydrogen) atoms. The van der Waals surface area contributed by atoms with Gasteiger partial charge in [-0.25, -0.2) is 4.98 Å². The van der Waals surface area contributed by atoms with Gasteiger partial charge in [-0.05, 0) is 30.4 Å². The van der Waals surface area contributed by atoms with Gasteiger partial charge in [0.05, 0.1) is 17.3 Å². The molecule has 0 saturated heterocycles. The van der Waals surface area contributed by atoms with E-state index in [1.807, 2.05) is 6.07 Å². The van der Waals surface area contributed by atoms with Crippen LogP contribution >= 0.6 is 27.7 Å². The maximum absolute atomic E-state index is 12.1. The number of nitriles is 1. The average Bonchev–Trinajstić information content (AvgIpc) is 2.47. The maximum Gasteiger partial charge on any atom is 0.255 e. The summed E-state index contributed by atoms with van der Waals surface area (Å²) in [7, 11) is 0. The summed E-state index contributed by atoms with van der Waals surface area (Å²) in [6, 6.07) is 7.50. The number of hydrogen-bond acceptors (Lipinski definition) is 4. The number of nitrogens with zero attached hydrogens (tertiary/aromatic N) is 2. The molecule has 3 rings (SSSR count). The molecule has 6 heteroatoms. The molecule has 1 aliphatic heterocycles. The van der Waals surface area contributed by atoms with Crippen LogP contribution in [-0.4, -0.2) is 15.7 Å². The average molecular weight is 348 g/mol. The largest absolute Gasteiger partial charge is 0.306 e. The van der Waals surface area contributed by atoms with Crippen LogP contribution in [0.4, 0.5) is 0 Å². The maximum atomic E-state index is 12.1. The third-order valence-electron chi connectivity index (χ3n) is 3.19. The first-order valence-corrected chi connectivity index (χ1v) is 8.03. The van der Waals surface area contributed by atoms with E-state index in [0.717, 1.165) is 27.9 Å². The second-order valence-electron chi connectivity index (χ2n) is 4.44. The van der Waals surface area contributed by atoms with Crippen LogP contribution in [0.1, 0.15) is 16.8 Å². The second-order valence-corrected chi connectivity index (χ2v) is 6.46. The number of aryl methyl sites for hydroxylation is 1. The number of aromatic nitrogens is 2. The molecule has 0 atom stereocenters. The van der Waals surface area contributed by atoms with Gasteiger partial charge in [0.25, 0.3) is 5.56 Å². The predicted octanol–water partition coefficient (Wildman–Crippen LogP) is 2.86. The summed E-state index contributed by atoms with van der Waals surface area (Å²) < 4.78 is 0.828. The Morgan fingerprint density at radius 1 is 1.45 bits per heavy atom. The molecule has 0 radical (unpaired) electrons. The van der Waals surface area contributed by atoms with E-state index in [9.17, 15) is 10.1 Å². The van der Waals surface area contributed by atoms with Crippen LogP contribution in [0.15, 0.2) is 27.5 Å². The molecule has 2 aromatic rings. The van der Waals surface area contributed by atoms with Gasteiger partial charge in [0, 0.05) is 21.4 Å². The van der Waals surface area contributed by atoms with Crippen LogP contribution < -0.4 is 5.56 Å². The Kier molecular flexibility index (Phi) is 3.64. The van der Waals surface area contributed by atoms with Gasteiger partial charge < -0.3 is 4.98 Å². The van der Waals surface area contributed by atoms with Crippen LogP contribution in [-0.2, 0) is 12.2 Å². The molecule has 1 aliphatic rings. The fraction of sp³-hybridized carbons (Fsp3) is 0.214. The molecule has 0 aliphatic carbocycles. The van der Waals surface area contributed by atoms with Crippen LogP contribution in [0.25, 0.3) is 11.4 Å². The molecule has 2 heterocycles. The molecule has 1 aromatic heterocycles. The Morgan fingerprint density at radius 2 is 2.30 bits per heavy atom. The zero-order valence-electron chi connectivity index (χ0n) is 10.4. The topological polar surface area (TPSA) is 69.5 Å². The van der Waals surface area contributed by atoms with Gasteiger partial charge in [-0.1, -0.05) is 15.9 Å². The standard InChI is InChI=1S/C14H10BrN3OS/c15-9-1-2-10(8(5-9)6-16)13-17-12-3-4-20-7-11(12)14(19)18-13/h1-2,5H,3-4,7H2,(H,17,18,19). The number of hydrogen-bond donors (Lipinski definition) is 1. The van der Waals surface area contributed by atoms with Gasteiger partial charge in [-0.2, -0.15) is 17.0 Å². The van der Waals surface area contributed by atoms with Crippen LogP contribution in [0.3, 0.4) is 0 Å².